The average molecular weight is 433 g/mol. The Morgan fingerprint density at radius 1 is 1.34 bits per heavy atom. The monoisotopic (exact) mass is 432 g/mol. The first-order chi connectivity index (χ1) is 13.9. The molecule has 0 saturated heterocycles. The van der Waals surface area contributed by atoms with Crippen molar-refractivity contribution >= 4 is 40.3 Å². The van der Waals surface area contributed by atoms with Gasteiger partial charge in [-0.15, -0.1) is 0 Å². The van der Waals surface area contributed by atoms with E-state index in [9.17, 15) is 9.59 Å². The molecule has 2 aromatic heterocycles. The third-order valence-corrected chi connectivity index (χ3v) is 6.09. The van der Waals surface area contributed by atoms with Crippen LogP contribution in [-0.4, -0.2) is 63.1 Å². The third-order valence-electron chi connectivity index (χ3n) is 4.74. The molecule has 1 unspecified atom stereocenters. The molecule has 0 fully saturated rings. The number of benzene rings is 1. The van der Waals surface area contributed by atoms with Crippen LogP contribution in [0.1, 0.15) is 12.5 Å². The summed E-state index contributed by atoms with van der Waals surface area (Å²) in [4.78, 5) is 32.1. The van der Waals surface area contributed by atoms with Crippen LogP contribution in [0.2, 0.25) is 5.02 Å². The Hall–Kier alpha value is -2.36. The van der Waals surface area contributed by atoms with E-state index in [0.29, 0.717) is 33.5 Å². The van der Waals surface area contributed by atoms with Crippen molar-refractivity contribution in [2.75, 3.05) is 32.9 Å². The molecule has 1 amide bonds. The second-order valence-corrected chi connectivity index (χ2v) is 8.59. The second kappa shape index (κ2) is 8.17. The van der Waals surface area contributed by atoms with Gasteiger partial charge >= 0.3 is 0 Å². The molecule has 29 heavy (non-hydrogen) atoms. The van der Waals surface area contributed by atoms with E-state index in [4.69, 9.17) is 11.6 Å². The van der Waals surface area contributed by atoms with Gasteiger partial charge in [-0.3, -0.25) is 14.2 Å². The number of likely N-dealkylation sites (N-methyl/N-ethyl adjacent to an activating group) is 1. The van der Waals surface area contributed by atoms with Gasteiger partial charge < -0.3 is 10.2 Å². The fourth-order valence-electron chi connectivity index (χ4n) is 3.26. The second-order valence-electron chi connectivity index (χ2n) is 7.16. The lowest BCUT2D eigenvalue weighted by molar-refractivity contribution is -0.121. The number of rotatable bonds is 6. The molecule has 1 atom stereocenters. The number of nitrogens with zero attached hydrogens (tertiary/aromatic N) is 5. The summed E-state index contributed by atoms with van der Waals surface area (Å²) in [5.41, 5.74) is 1.12. The van der Waals surface area contributed by atoms with Crippen LogP contribution in [0, 0.1) is 0 Å². The van der Waals surface area contributed by atoms with Gasteiger partial charge in [0, 0.05) is 30.3 Å². The number of carbonyl (C=O) groups is 1. The van der Waals surface area contributed by atoms with Gasteiger partial charge in [0.25, 0.3) is 5.56 Å². The van der Waals surface area contributed by atoms with Crippen LogP contribution in [0.15, 0.2) is 40.4 Å². The van der Waals surface area contributed by atoms with Gasteiger partial charge in [-0.1, -0.05) is 23.4 Å². The van der Waals surface area contributed by atoms with Crippen LogP contribution in [0.5, 0.6) is 0 Å². The minimum absolute atomic E-state index is 0.0610. The van der Waals surface area contributed by atoms with Gasteiger partial charge in [0.2, 0.25) is 5.91 Å². The van der Waals surface area contributed by atoms with Crippen LogP contribution in [-0.2, 0) is 4.79 Å². The van der Waals surface area contributed by atoms with E-state index < -0.39 is 0 Å². The van der Waals surface area contributed by atoms with E-state index in [-0.39, 0.29) is 23.9 Å². The van der Waals surface area contributed by atoms with Crippen molar-refractivity contribution in [2.45, 2.75) is 17.6 Å². The highest BCUT2D eigenvalue weighted by molar-refractivity contribution is 7.99. The summed E-state index contributed by atoms with van der Waals surface area (Å²) in [7, 11) is 3.91. The quantitative estimate of drug-likeness (QED) is 0.599. The molecule has 10 heteroatoms. The van der Waals surface area contributed by atoms with Gasteiger partial charge in [-0.2, -0.15) is 5.10 Å². The SMILES string of the molecule is CN(C)CCNC(=O)CC1CSc2nc3c(cnn3-c3ccc(Cl)cc3)c(=O)n21. The first kappa shape index (κ1) is 19.9. The van der Waals surface area contributed by atoms with E-state index in [1.54, 1.807) is 21.4 Å². The molecule has 0 aliphatic carbocycles. The maximum absolute atomic E-state index is 13.1. The number of halogens is 1. The number of carbonyl (C=O) groups excluding carboxylic acids is 1. The molecule has 1 aliphatic heterocycles. The fourth-order valence-corrected chi connectivity index (χ4v) is 4.51. The predicted octanol–water partition coefficient (Wildman–Crippen LogP) is 1.95. The molecule has 1 N–H and O–H groups in total. The Labute approximate surface area is 176 Å². The Bertz CT molecular complexity index is 1110. The summed E-state index contributed by atoms with van der Waals surface area (Å²) < 4.78 is 3.27. The van der Waals surface area contributed by atoms with E-state index in [1.807, 2.05) is 31.1 Å². The largest absolute Gasteiger partial charge is 0.355 e. The number of aromatic nitrogens is 4. The molecule has 4 rings (SSSR count). The number of amides is 1. The Morgan fingerprint density at radius 3 is 2.83 bits per heavy atom. The van der Waals surface area contributed by atoms with Gasteiger partial charge in [0.1, 0.15) is 5.39 Å². The maximum Gasteiger partial charge on any atom is 0.265 e. The van der Waals surface area contributed by atoms with Gasteiger partial charge in [-0.05, 0) is 38.4 Å². The smallest absolute Gasteiger partial charge is 0.265 e. The van der Waals surface area contributed by atoms with Gasteiger partial charge in [-0.25, -0.2) is 9.67 Å². The van der Waals surface area contributed by atoms with Gasteiger partial charge in [0.15, 0.2) is 10.8 Å². The minimum Gasteiger partial charge on any atom is -0.355 e. The summed E-state index contributed by atoms with van der Waals surface area (Å²) >= 11 is 7.45. The van der Waals surface area contributed by atoms with E-state index in [1.165, 1.54) is 18.0 Å². The number of thioether (sulfide) groups is 1. The predicted molar refractivity (Wildman–Crippen MR) is 114 cm³/mol. The zero-order valence-corrected chi connectivity index (χ0v) is 17.7. The highest BCUT2D eigenvalue weighted by Crippen LogP contribution is 2.33. The average Bonchev–Trinajstić information content (AvgIpc) is 3.27. The Balaban J connectivity index is 1.61. The molecule has 0 saturated carbocycles. The van der Waals surface area contributed by atoms with Crippen molar-refractivity contribution < 1.29 is 4.79 Å². The normalized spacial score (nSPS) is 15.8. The topological polar surface area (TPSA) is 85.1 Å². The number of fused-ring (bicyclic) bond motifs is 2. The number of hydrogen-bond donors (Lipinski definition) is 1. The summed E-state index contributed by atoms with van der Waals surface area (Å²) in [5.74, 6) is 0.582. The van der Waals surface area contributed by atoms with Crippen molar-refractivity contribution in [3.8, 4) is 5.69 Å². The number of hydrogen-bond acceptors (Lipinski definition) is 6. The van der Waals surface area contributed by atoms with Crippen LogP contribution in [0.4, 0.5) is 0 Å². The minimum atomic E-state index is -0.211. The lowest BCUT2D eigenvalue weighted by Gasteiger charge is -2.14. The lowest BCUT2D eigenvalue weighted by atomic mass is 10.2. The Morgan fingerprint density at radius 2 is 2.10 bits per heavy atom. The van der Waals surface area contributed by atoms with Crippen molar-refractivity contribution in [2.24, 2.45) is 0 Å². The number of nitrogens with one attached hydrogen (secondary N) is 1. The first-order valence-electron chi connectivity index (χ1n) is 9.24. The van der Waals surface area contributed by atoms with Crippen LogP contribution in [0.3, 0.4) is 0 Å². The van der Waals surface area contributed by atoms with Gasteiger partial charge in [0.05, 0.1) is 17.9 Å². The molecule has 8 nitrogen and oxygen atoms in total. The summed E-state index contributed by atoms with van der Waals surface area (Å²) in [5, 5.41) is 8.93. The van der Waals surface area contributed by atoms with Crippen molar-refractivity contribution in [1.29, 1.82) is 0 Å². The van der Waals surface area contributed by atoms with Crippen molar-refractivity contribution in [3.05, 3.63) is 45.8 Å². The van der Waals surface area contributed by atoms with Crippen molar-refractivity contribution in [1.82, 2.24) is 29.5 Å². The first-order valence-corrected chi connectivity index (χ1v) is 10.6. The Kier molecular flexibility index (Phi) is 5.62. The summed E-state index contributed by atoms with van der Waals surface area (Å²) in [6, 6.07) is 6.98. The molecule has 0 bridgehead atoms. The summed E-state index contributed by atoms with van der Waals surface area (Å²) in [6.07, 6.45) is 1.79. The lowest BCUT2D eigenvalue weighted by Crippen LogP contribution is -2.34. The van der Waals surface area contributed by atoms with E-state index in [0.717, 1.165) is 12.2 Å². The van der Waals surface area contributed by atoms with E-state index >= 15 is 0 Å². The molecule has 1 aliphatic rings. The molecule has 1 aromatic carbocycles. The zero-order chi connectivity index (χ0) is 20.5. The van der Waals surface area contributed by atoms with Crippen LogP contribution < -0.4 is 10.9 Å². The molecule has 3 aromatic rings. The molecule has 0 spiro atoms. The molecule has 152 valence electrons. The fraction of sp³-hybridized carbons (Fsp3) is 0.368. The molecular formula is C19H21ClN6O2S. The zero-order valence-electron chi connectivity index (χ0n) is 16.1. The molecule has 0 radical (unpaired) electrons. The van der Waals surface area contributed by atoms with Crippen LogP contribution in [0.25, 0.3) is 16.7 Å². The highest BCUT2D eigenvalue weighted by Gasteiger charge is 2.29. The molecular weight excluding hydrogens is 412 g/mol. The third kappa shape index (κ3) is 4.03. The highest BCUT2D eigenvalue weighted by atomic mass is 35.5. The van der Waals surface area contributed by atoms with E-state index in [2.05, 4.69) is 15.4 Å². The summed E-state index contributed by atoms with van der Waals surface area (Å²) in [6.45, 7) is 1.35. The standard InChI is InChI=1S/C19H21ClN6O2S/c1-24(2)8-7-21-16(27)9-14-11-29-19-23-17-15(18(28)25(14)19)10-22-26(17)13-5-3-12(20)4-6-13/h3-6,10,14H,7-9,11H2,1-2H3,(H,21,27). The van der Waals surface area contributed by atoms with Crippen molar-refractivity contribution in [3.63, 3.8) is 0 Å². The van der Waals surface area contributed by atoms with Crippen LogP contribution >= 0.6 is 23.4 Å². The maximum atomic E-state index is 13.1. The molecule has 3 heterocycles.